The van der Waals surface area contributed by atoms with Gasteiger partial charge in [0.1, 0.15) is 11.7 Å². The van der Waals surface area contributed by atoms with Crippen LogP contribution in [0.4, 0.5) is 4.79 Å². The van der Waals surface area contributed by atoms with Gasteiger partial charge in [-0.15, -0.1) is 0 Å². The predicted octanol–water partition coefficient (Wildman–Crippen LogP) is 2.45. The summed E-state index contributed by atoms with van der Waals surface area (Å²) < 4.78 is 5.10. The minimum Gasteiger partial charge on any atom is -0.444 e. The summed E-state index contributed by atoms with van der Waals surface area (Å²) in [6.45, 7) is 5.37. The average molecular weight is 219 g/mol. The topological polar surface area (TPSA) is 62.1 Å². The molecule has 0 saturated carbocycles. The molecule has 4 nitrogen and oxygen atoms in total. The van der Waals surface area contributed by atoms with Crippen LogP contribution in [-0.2, 0) is 4.74 Å². The molecule has 0 heterocycles. The molecule has 0 spiro atoms. The number of carbonyl (C=O) groups excluding carboxylic acids is 1. The number of ether oxygens (including phenoxy) is 1. The van der Waals surface area contributed by atoms with Gasteiger partial charge in [0.15, 0.2) is 0 Å². The molecule has 0 atom stereocenters. The molecule has 0 bridgehead atoms. The number of rotatable bonds is 1. The van der Waals surface area contributed by atoms with Crippen molar-refractivity contribution < 1.29 is 9.53 Å². The highest BCUT2D eigenvalue weighted by Gasteiger charge is 2.18. The first-order chi connectivity index (χ1) is 7.42. The number of amides is 1. The number of alkyl carbamates (subject to hydrolysis) is 1. The van der Waals surface area contributed by atoms with E-state index < -0.39 is 11.7 Å². The quantitative estimate of drug-likeness (QED) is 0.736. The molecule has 1 aliphatic rings. The number of hydrogen-bond acceptors (Lipinski definition) is 3. The second kappa shape index (κ2) is 4.84. The number of nitriles is 1. The zero-order chi connectivity index (χ0) is 12.2. The van der Waals surface area contributed by atoms with E-state index in [1.165, 1.54) is 0 Å². The highest BCUT2D eigenvalue weighted by atomic mass is 16.6. The van der Waals surface area contributed by atoms with Crippen molar-refractivity contribution in [1.82, 2.24) is 5.32 Å². The number of nitrogens with zero attached hydrogens (tertiary/aromatic N) is 1. The lowest BCUT2D eigenvalue weighted by Gasteiger charge is -2.21. The third-order valence-corrected chi connectivity index (χ3v) is 1.79. The van der Waals surface area contributed by atoms with Gasteiger partial charge in [0, 0.05) is 12.1 Å². The summed E-state index contributed by atoms with van der Waals surface area (Å²) in [5.41, 5.74) is 0.415. The molecule has 85 valence electrons. The molecule has 4 heteroatoms. The van der Waals surface area contributed by atoms with Crippen molar-refractivity contribution in [2.75, 3.05) is 0 Å². The molecule has 0 aromatic heterocycles. The van der Waals surface area contributed by atoms with Crippen LogP contribution in [0.25, 0.3) is 0 Å². The summed E-state index contributed by atoms with van der Waals surface area (Å²) in [7, 11) is 0. The van der Waals surface area contributed by atoms with Crippen LogP contribution in [0, 0.1) is 17.8 Å². The minimum absolute atomic E-state index is 0.442. The second-order valence-electron chi connectivity index (χ2n) is 4.41. The van der Waals surface area contributed by atoms with Gasteiger partial charge in [-0.25, -0.2) is 4.79 Å². The van der Waals surface area contributed by atoms with Crippen LogP contribution in [0.5, 0.6) is 0 Å². The molecule has 16 heavy (non-hydrogen) atoms. The highest BCUT2D eigenvalue weighted by molar-refractivity contribution is 5.71. The summed E-state index contributed by atoms with van der Waals surface area (Å²) in [6.07, 6.45) is 5.49. The van der Waals surface area contributed by atoms with E-state index in [4.69, 9.17) is 10.00 Å². The fourth-order valence-corrected chi connectivity index (χ4v) is 1.20. The summed E-state index contributed by atoms with van der Waals surface area (Å²) in [5.74, 6) is 0. The van der Waals surface area contributed by atoms with Crippen molar-refractivity contribution in [3.8, 4) is 6.07 Å². The van der Waals surface area contributed by atoms with Crippen LogP contribution in [0.3, 0.4) is 0 Å². The van der Waals surface area contributed by atoms with Gasteiger partial charge in [0.05, 0.1) is 5.57 Å². The molecule has 1 amide bonds. The van der Waals surface area contributed by atoms with Gasteiger partial charge < -0.3 is 4.74 Å². The van der Waals surface area contributed by atoms with E-state index >= 15 is 0 Å². The van der Waals surface area contributed by atoms with Gasteiger partial charge >= 0.3 is 6.09 Å². The van der Waals surface area contributed by atoms with Crippen molar-refractivity contribution in [3.63, 3.8) is 0 Å². The van der Waals surface area contributed by atoms with Gasteiger partial charge in [-0.1, -0.05) is 6.08 Å². The zero-order valence-electron chi connectivity index (χ0n) is 9.70. The number of carbonyl (C=O) groups is 1. The molecule has 1 aliphatic carbocycles. The maximum absolute atomic E-state index is 11.5. The number of hydrogen-bond donors (Lipinski definition) is 1. The Kier molecular flexibility index (Phi) is 3.73. The van der Waals surface area contributed by atoms with E-state index in [9.17, 15) is 4.79 Å². The van der Waals surface area contributed by atoms with Gasteiger partial charge in [0.25, 0.3) is 0 Å². The fourth-order valence-electron chi connectivity index (χ4n) is 1.20. The first-order valence-corrected chi connectivity index (χ1v) is 5.06. The fraction of sp³-hybridized carbons (Fsp3) is 0.417. The Balaban J connectivity index is 2.67. The molecular formula is C12H15N2O2. The van der Waals surface area contributed by atoms with Gasteiger partial charge in [-0.2, -0.15) is 5.26 Å². The molecule has 0 aromatic rings. The van der Waals surface area contributed by atoms with E-state index in [1.54, 1.807) is 33.3 Å². The van der Waals surface area contributed by atoms with Crippen LogP contribution in [0.1, 0.15) is 27.2 Å². The van der Waals surface area contributed by atoms with E-state index in [0.717, 1.165) is 0 Å². The monoisotopic (exact) mass is 219 g/mol. The molecule has 1 radical (unpaired) electrons. The maximum atomic E-state index is 11.5. The zero-order valence-corrected chi connectivity index (χ0v) is 9.70. The van der Waals surface area contributed by atoms with Crippen LogP contribution < -0.4 is 5.32 Å². The Morgan fingerprint density at radius 2 is 2.25 bits per heavy atom. The van der Waals surface area contributed by atoms with Crippen LogP contribution in [-0.4, -0.2) is 11.7 Å². The molecule has 0 fully saturated rings. The Morgan fingerprint density at radius 3 is 2.81 bits per heavy atom. The lowest BCUT2D eigenvalue weighted by atomic mass is 10.0. The first kappa shape index (κ1) is 12.3. The number of allylic oxidation sites excluding steroid dienone is 4. The van der Waals surface area contributed by atoms with Crippen molar-refractivity contribution in [3.05, 3.63) is 29.8 Å². The Labute approximate surface area is 95.6 Å². The average Bonchev–Trinajstić information content (AvgIpc) is 2.15. The summed E-state index contributed by atoms with van der Waals surface area (Å²) in [4.78, 5) is 11.5. The van der Waals surface area contributed by atoms with Crippen molar-refractivity contribution in [2.24, 2.45) is 0 Å². The summed E-state index contributed by atoms with van der Waals surface area (Å²) >= 11 is 0. The molecule has 0 unspecified atom stereocenters. The Bertz CT molecular complexity index is 381. The SMILES string of the molecule is CC(C)(C)OC(=O)NC1=C(C#N)C=CC[CH]1. The van der Waals surface area contributed by atoms with Crippen molar-refractivity contribution >= 4 is 6.09 Å². The van der Waals surface area contributed by atoms with Crippen molar-refractivity contribution in [2.45, 2.75) is 32.8 Å². The maximum Gasteiger partial charge on any atom is 0.411 e. The first-order valence-electron chi connectivity index (χ1n) is 5.06. The molecule has 1 rings (SSSR count). The van der Waals surface area contributed by atoms with E-state index in [1.807, 2.05) is 12.1 Å². The molecule has 0 aliphatic heterocycles. The van der Waals surface area contributed by atoms with Gasteiger partial charge in [0.2, 0.25) is 0 Å². The summed E-state index contributed by atoms with van der Waals surface area (Å²) in [6, 6.07) is 2.01. The van der Waals surface area contributed by atoms with Gasteiger partial charge in [-0.05, 0) is 33.3 Å². The lowest BCUT2D eigenvalue weighted by Crippen LogP contribution is -2.32. The van der Waals surface area contributed by atoms with E-state index in [2.05, 4.69) is 5.32 Å². The lowest BCUT2D eigenvalue weighted by molar-refractivity contribution is 0.0546. The third-order valence-electron chi connectivity index (χ3n) is 1.79. The molecular weight excluding hydrogens is 204 g/mol. The molecule has 0 saturated heterocycles. The number of nitrogens with one attached hydrogen (secondary N) is 1. The predicted molar refractivity (Wildman–Crippen MR) is 60.1 cm³/mol. The Hall–Kier alpha value is -1.76. The summed E-state index contributed by atoms with van der Waals surface area (Å²) in [5, 5.41) is 11.4. The van der Waals surface area contributed by atoms with Crippen LogP contribution in [0.15, 0.2) is 23.4 Å². The largest absolute Gasteiger partial charge is 0.444 e. The minimum atomic E-state index is -0.540. The Morgan fingerprint density at radius 1 is 1.56 bits per heavy atom. The normalized spacial score (nSPS) is 15.6. The smallest absolute Gasteiger partial charge is 0.411 e. The molecule has 1 N–H and O–H groups in total. The van der Waals surface area contributed by atoms with E-state index in [0.29, 0.717) is 17.7 Å². The van der Waals surface area contributed by atoms with Crippen LogP contribution in [0.2, 0.25) is 0 Å². The highest BCUT2D eigenvalue weighted by Crippen LogP contribution is 2.16. The van der Waals surface area contributed by atoms with Crippen molar-refractivity contribution in [1.29, 1.82) is 5.26 Å². The van der Waals surface area contributed by atoms with Crippen LogP contribution >= 0.6 is 0 Å². The third kappa shape index (κ3) is 3.77. The second-order valence-corrected chi connectivity index (χ2v) is 4.41. The molecule has 0 aromatic carbocycles. The standard InChI is InChI=1S/C12H15N2O2/c1-12(2,3)16-11(15)14-10-7-5-4-6-9(10)8-13/h4,6-7H,5H2,1-3H3,(H,14,15). The van der Waals surface area contributed by atoms with E-state index in [-0.39, 0.29) is 0 Å². The van der Waals surface area contributed by atoms with Gasteiger partial charge in [-0.3, -0.25) is 5.32 Å².